The largest absolute Gasteiger partial charge is 0.385 e. The van der Waals surface area contributed by atoms with Gasteiger partial charge in [0.05, 0.1) is 0 Å². The summed E-state index contributed by atoms with van der Waals surface area (Å²) >= 11 is 0. The highest BCUT2D eigenvalue weighted by molar-refractivity contribution is 5.27. The second-order valence-corrected chi connectivity index (χ2v) is 3.64. The van der Waals surface area contributed by atoms with Crippen LogP contribution < -0.4 is 5.32 Å². The van der Waals surface area contributed by atoms with E-state index in [1.165, 1.54) is 37.8 Å². The molecule has 0 radical (unpaired) electrons. The second kappa shape index (κ2) is 5.85. The third-order valence-corrected chi connectivity index (χ3v) is 2.40. The third-order valence-electron chi connectivity index (χ3n) is 2.40. The molecule has 13 heavy (non-hydrogen) atoms. The Kier molecular flexibility index (Phi) is 4.66. The molecule has 1 N–H and O–H groups in total. The van der Waals surface area contributed by atoms with Crippen molar-refractivity contribution in [1.29, 1.82) is 0 Å². The highest BCUT2D eigenvalue weighted by Crippen LogP contribution is 2.21. The standard InChI is InChI=1S/C12H21N/c1-3-7-11-8-5-6-9-12(11)13-10-4-2/h6,9,13H,3-5,7-8,10H2,1-2H3. The molecule has 1 heteroatoms. The summed E-state index contributed by atoms with van der Waals surface area (Å²) in [7, 11) is 0. The summed E-state index contributed by atoms with van der Waals surface area (Å²) in [4.78, 5) is 0. The lowest BCUT2D eigenvalue weighted by molar-refractivity contribution is 0.728. The van der Waals surface area contributed by atoms with Crippen LogP contribution in [0.2, 0.25) is 0 Å². The zero-order valence-corrected chi connectivity index (χ0v) is 8.90. The molecule has 0 atom stereocenters. The normalized spacial score (nSPS) is 16.5. The summed E-state index contributed by atoms with van der Waals surface area (Å²) < 4.78 is 0. The molecule has 0 aliphatic heterocycles. The van der Waals surface area contributed by atoms with E-state index in [0.29, 0.717) is 0 Å². The van der Waals surface area contributed by atoms with Gasteiger partial charge in [-0.05, 0) is 37.3 Å². The van der Waals surface area contributed by atoms with Crippen LogP contribution in [0.5, 0.6) is 0 Å². The van der Waals surface area contributed by atoms with E-state index in [0.717, 1.165) is 6.54 Å². The zero-order valence-electron chi connectivity index (χ0n) is 8.90. The molecule has 0 saturated carbocycles. The molecule has 0 fully saturated rings. The van der Waals surface area contributed by atoms with Crippen molar-refractivity contribution in [2.45, 2.75) is 46.0 Å². The van der Waals surface area contributed by atoms with Crippen LogP contribution in [0.1, 0.15) is 46.0 Å². The fourth-order valence-electron chi connectivity index (χ4n) is 1.72. The Bertz CT molecular complexity index is 201. The Morgan fingerprint density at radius 3 is 2.85 bits per heavy atom. The van der Waals surface area contributed by atoms with Crippen molar-refractivity contribution in [3.63, 3.8) is 0 Å². The quantitative estimate of drug-likeness (QED) is 0.682. The average Bonchev–Trinajstić information content (AvgIpc) is 2.17. The first-order chi connectivity index (χ1) is 6.38. The van der Waals surface area contributed by atoms with Gasteiger partial charge >= 0.3 is 0 Å². The summed E-state index contributed by atoms with van der Waals surface area (Å²) in [5.74, 6) is 0. The monoisotopic (exact) mass is 179 g/mol. The molecule has 1 aliphatic carbocycles. The number of hydrogen-bond acceptors (Lipinski definition) is 1. The lowest BCUT2D eigenvalue weighted by atomic mass is 9.98. The van der Waals surface area contributed by atoms with E-state index in [4.69, 9.17) is 0 Å². The molecule has 0 bridgehead atoms. The van der Waals surface area contributed by atoms with Gasteiger partial charge in [0.15, 0.2) is 0 Å². The van der Waals surface area contributed by atoms with Gasteiger partial charge in [-0.1, -0.05) is 26.3 Å². The van der Waals surface area contributed by atoms with E-state index in [1.807, 2.05) is 0 Å². The van der Waals surface area contributed by atoms with E-state index in [-0.39, 0.29) is 0 Å². The molecule has 0 amide bonds. The van der Waals surface area contributed by atoms with Crippen LogP contribution in [0.15, 0.2) is 23.4 Å². The molecule has 1 nitrogen and oxygen atoms in total. The van der Waals surface area contributed by atoms with E-state index < -0.39 is 0 Å². The number of rotatable bonds is 5. The summed E-state index contributed by atoms with van der Waals surface area (Å²) in [6.07, 6.45) is 10.7. The third kappa shape index (κ3) is 3.25. The van der Waals surface area contributed by atoms with Crippen LogP contribution in [0.3, 0.4) is 0 Å². The number of hydrogen-bond donors (Lipinski definition) is 1. The molecule has 0 aromatic heterocycles. The predicted octanol–water partition coefficient (Wildman–Crippen LogP) is 3.39. The molecule has 0 aromatic carbocycles. The first-order valence-electron chi connectivity index (χ1n) is 5.51. The molecular weight excluding hydrogens is 158 g/mol. The molecule has 74 valence electrons. The van der Waals surface area contributed by atoms with Gasteiger partial charge in [-0.2, -0.15) is 0 Å². The molecule has 0 unspecified atom stereocenters. The first kappa shape index (κ1) is 10.4. The van der Waals surface area contributed by atoms with Crippen molar-refractivity contribution in [3.8, 4) is 0 Å². The smallest absolute Gasteiger partial charge is 0.0328 e. The zero-order chi connectivity index (χ0) is 9.52. The van der Waals surface area contributed by atoms with Crippen LogP contribution in [0.4, 0.5) is 0 Å². The molecule has 0 spiro atoms. The maximum atomic E-state index is 3.50. The maximum absolute atomic E-state index is 3.50. The van der Waals surface area contributed by atoms with Crippen LogP contribution in [-0.4, -0.2) is 6.54 Å². The van der Waals surface area contributed by atoms with E-state index >= 15 is 0 Å². The van der Waals surface area contributed by atoms with Gasteiger partial charge in [-0.3, -0.25) is 0 Å². The SMILES string of the molecule is CCCNC1=C(CCC)CCC=C1. The Labute approximate surface area is 81.9 Å². The highest BCUT2D eigenvalue weighted by Gasteiger charge is 2.06. The molecule has 0 aromatic rings. The van der Waals surface area contributed by atoms with Gasteiger partial charge in [-0.15, -0.1) is 0 Å². The average molecular weight is 179 g/mol. The maximum Gasteiger partial charge on any atom is 0.0328 e. The van der Waals surface area contributed by atoms with Crippen molar-refractivity contribution in [2.75, 3.05) is 6.54 Å². The molecule has 0 saturated heterocycles. The summed E-state index contributed by atoms with van der Waals surface area (Å²) in [6, 6.07) is 0. The molecule has 1 aliphatic rings. The van der Waals surface area contributed by atoms with Crippen molar-refractivity contribution >= 4 is 0 Å². The number of allylic oxidation sites excluding steroid dienone is 3. The summed E-state index contributed by atoms with van der Waals surface area (Å²) in [5, 5.41) is 3.50. The van der Waals surface area contributed by atoms with E-state index in [9.17, 15) is 0 Å². The minimum atomic E-state index is 1.10. The predicted molar refractivity (Wildman–Crippen MR) is 58.6 cm³/mol. The van der Waals surface area contributed by atoms with Crippen molar-refractivity contribution in [2.24, 2.45) is 0 Å². The number of nitrogens with one attached hydrogen (secondary N) is 1. The summed E-state index contributed by atoms with van der Waals surface area (Å²) in [6.45, 7) is 5.56. The highest BCUT2D eigenvalue weighted by atomic mass is 14.9. The van der Waals surface area contributed by atoms with Crippen molar-refractivity contribution in [3.05, 3.63) is 23.4 Å². The van der Waals surface area contributed by atoms with Gasteiger partial charge in [0.1, 0.15) is 0 Å². The molecule has 1 rings (SSSR count). The van der Waals surface area contributed by atoms with Gasteiger partial charge in [0.25, 0.3) is 0 Å². The Hall–Kier alpha value is -0.720. The molecular formula is C12H21N. The Morgan fingerprint density at radius 1 is 1.31 bits per heavy atom. The lowest BCUT2D eigenvalue weighted by Gasteiger charge is -2.16. The lowest BCUT2D eigenvalue weighted by Crippen LogP contribution is -2.16. The summed E-state index contributed by atoms with van der Waals surface area (Å²) in [5.41, 5.74) is 3.02. The van der Waals surface area contributed by atoms with Gasteiger partial charge in [0.2, 0.25) is 0 Å². The fourth-order valence-corrected chi connectivity index (χ4v) is 1.72. The van der Waals surface area contributed by atoms with Crippen LogP contribution in [-0.2, 0) is 0 Å². The van der Waals surface area contributed by atoms with Crippen molar-refractivity contribution < 1.29 is 0 Å². The van der Waals surface area contributed by atoms with Gasteiger partial charge in [0, 0.05) is 12.2 Å². The van der Waals surface area contributed by atoms with Gasteiger partial charge < -0.3 is 5.32 Å². The van der Waals surface area contributed by atoms with Crippen LogP contribution in [0.25, 0.3) is 0 Å². The van der Waals surface area contributed by atoms with Crippen molar-refractivity contribution in [1.82, 2.24) is 5.32 Å². The van der Waals surface area contributed by atoms with E-state index in [1.54, 1.807) is 5.57 Å². The van der Waals surface area contributed by atoms with Gasteiger partial charge in [-0.25, -0.2) is 0 Å². The minimum Gasteiger partial charge on any atom is -0.385 e. The fraction of sp³-hybridized carbons (Fsp3) is 0.667. The van der Waals surface area contributed by atoms with Crippen LogP contribution in [0, 0.1) is 0 Å². The topological polar surface area (TPSA) is 12.0 Å². The van der Waals surface area contributed by atoms with Crippen LogP contribution >= 0.6 is 0 Å². The van der Waals surface area contributed by atoms with E-state index in [2.05, 4.69) is 31.3 Å². The Balaban J connectivity index is 2.55. The Morgan fingerprint density at radius 2 is 2.15 bits per heavy atom. The molecule has 0 heterocycles. The first-order valence-corrected chi connectivity index (χ1v) is 5.51. The minimum absolute atomic E-state index is 1.10. The second-order valence-electron chi connectivity index (χ2n) is 3.64.